The molecule has 0 aromatic rings. The highest BCUT2D eigenvalue weighted by Gasteiger charge is 2.28. The van der Waals surface area contributed by atoms with Crippen LogP contribution < -0.4 is 11.1 Å². The third kappa shape index (κ3) is 4.02. The van der Waals surface area contributed by atoms with Gasteiger partial charge in [0.05, 0.1) is 6.07 Å². The van der Waals surface area contributed by atoms with Gasteiger partial charge in [-0.2, -0.15) is 5.26 Å². The summed E-state index contributed by atoms with van der Waals surface area (Å²) in [6, 6.07) is 1.26. The van der Waals surface area contributed by atoms with E-state index in [1.165, 1.54) is 6.42 Å². The molecule has 3 N–H and O–H groups in total. The highest BCUT2D eigenvalue weighted by atomic mass is 16.2. The van der Waals surface area contributed by atoms with Crippen molar-refractivity contribution in [3.05, 3.63) is 0 Å². The van der Waals surface area contributed by atoms with Crippen molar-refractivity contribution in [2.24, 2.45) is 17.6 Å². The van der Waals surface area contributed by atoms with Gasteiger partial charge in [0.2, 0.25) is 11.8 Å². The van der Waals surface area contributed by atoms with E-state index < -0.39 is 11.9 Å². The second-order valence-electron chi connectivity index (χ2n) is 5.06. The molecule has 0 radical (unpaired) electrons. The van der Waals surface area contributed by atoms with Gasteiger partial charge in [0.15, 0.2) is 0 Å². The fourth-order valence-electron chi connectivity index (χ4n) is 2.39. The normalized spacial score (nSPS) is 19.6. The first-order valence-corrected chi connectivity index (χ1v) is 6.53. The molecule has 0 heterocycles. The highest BCUT2D eigenvalue weighted by Crippen LogP contribution is 2.24. The summed E-state index contributed by atoms with van der Waals surface area (Å²) in [6.07, 6.45) is 5.26. The maximum atomic E-state index is 12.0. The van der Waals surface area contributed by atoms with Gasteiger partial charge in [0.1, 0.15) is 6.04 Å². The van der Waals surface area contributed by atoms with Crippen LogP contribution in [-0.2, 0) is 9.59 Å². The van der Waals surface area contributed by atoms with Crippen LogP contribution in [0.3, 0.4) is 0 Å². The first kappa shape index (κ1) is 14.5. The topological polar surface area (TPSA) is 96.0 Å². The number of hydrogen-bond acceptors (Lipinski definition) is 3. The first-order valence-electron chi connectivity index (χ1n) is 6.53. The molecule has 0 unspecified atom stereocenters. The summed E-state index contributed by atoms with van der Waals surface area (Å²) >= 11 is 0. The molecule has 1 fully saturated rings. The molecule has 1 saturated carbocycles. The number of nitrogens with zero attached hydrogens (tertiary/aromatic N) is 1. The van der Waals surface area contributed by atoms with Gasteiger partial charge in [-0.15, -0.1) is 0 Å². The van der Waals surface area contributed by atoms with Gasteiger partial charge in [0, 0.05) is 12.3 Å². The van der Waals surface area contributed by atoms with Crippen molar-refractivity contribution < 1.29 is 9.59 Å². The second-order valence-corrected chi connectivity index (χ2v) is 5.06. The molecule has 1 aliphatic carbocycles. The molecule has 5 heteroatoms. The van der Waals surface area contributed by atoms with Gasteiger partial charge in [-0.3, -0.25) is 9.59 Å². The zero-order valence-corrected chi connectivity index (χ0v) is 10.8. The Labute approximate surface area is 108 Å². The van der Waals surface area contributed by atoms with Gasteiger partial charge >= 0.3 is 0 Å². The fraction of sp³-hybridized carbons (Fsp3) is 0.769. The maximum absolute atomic E-state index is 12.0. The van der Waals surface area contributed by atoms with Gasteiger partial charge in [0.25, 0.3) is 0 Å². The zero-order chi connectivity index (χ0) is 13.5. The van der Waals surface area contributed by atoms with E-state index in [-0.39, 0.29) is 24.2 Å². The smallest absolute Gasteiger partial charge is 0.240 e. The number of nitriles is 1. The average Bonchev–Trinajstić information content (AvgIpc) is 2.36. The number of carbonyl (C=O) groups is 2. The van der Waals surface area contributed by atoms with Crippen molar-refractivity contribution in [2.75, 3.05) is 0 Å². The third-order valence-electron chi connectivity index (χ3n) is 3.56. The van der Waals surface area contributed by atoms with Gasteiger partial charge in [-0.25, -0.2) is 0 Å². The minimum absolute atomic E-state index is 0.00474. The van der Waals surface area contributed by atoms with Crippen LogP contribution in [0, 0.1) is 23.2 Å². The van der Waals surface area contributed by atoms with E-state index in [1.54, 1.807) is 6.92 Å². The summed E-state index contributed by atoms with van der Waals surface area (Å²) in [5, 5.41) is 11.3. The van der Waals surface area contributed by atoms with Gasteiger partial charge in [-0.1, -0.05) is 26.2 Å². The quantitative estimate of drug-likeness (QED) is 0.765. The Balaban J connectivity index is 2.57. The summed E-state index contributed by atoms with van der Waals surface area (Å²) in [5.41, 5.74) is 5.28. The molecule has 100 valence electrons. The second kappa shape index (κ2) is 7.00. The summed E-state index contributed by atoms with van der Waals surface area (Å²) in [7, 11) is 0. The standard InChI is InChI=1S/C13H21N3O2/c1-9(7-8-14)11(12(15)17)16-13(18)10-5-3-2-4-6-10/h9-11H,2-7H2,1H3,(H2,15,17)(H,16,18)/t9-,11-/m1/s1. The van der Waals surface area contributed by atoms with Crippen LogP contribution in [0.25, 0.3) is 0 Å². The van der Waals surface area contributed by atoms with Crippen LogP contribution in [0.15, 0.2) is 0 Å². The number of carbonyl (C=O) groups excluding carboxylic acids is 2. The van der Waals surface area contributed by atoms with E-state index in [2.05, 4.69) is 5.32 Å². The molecular weight excluding hydrogens is 230 g/mol. The predicted octanol–water partition coefficient (Wildman–Crippen LogP) is 1.09. The highest BCUT2D eigenvalue weighted by molar-refractivity contribution is 5.87. The Morgan fingerprint density at radius 1 is 1.39 bits per heavy atom. The lowest BCUT2D eigenvalue weighted by Gasteiger charge is -2.25. The molecular formula is C13H21N3O2. The van der Waals surface area contributed by atoms with Crippen molar-refractivity contribution in [3.8, 4) is 6.07 Å². The van der Waals surface area contributed by atoms with Crippen molar-refractivity contribution in [2.45, 2.75) is 51.5 Å². The van der Waals surface area contributed by atoms with Crippen LogP contribution in [0.4, 0.5) is 0 Å². The molecule has 1 aliphatic rings. The van der Waals surface area contributed by atoms with Crippen molar-refractivity contribution in [1.82, 2.24) is 5.32 Å². The average molecular weight is 251 g/mol. The number of rotatable bonds is 5. The van der Waals surface area contributed by atoms with E-state index in [4.69, 9.17) is 11.0 Å². The molecule has 0 saturated heterocycles. The zero-order valence-electron chi connectivity index (χ0n) is 10.8. The Bertz CT molecular complexity index is 343. The van der Waals surface area contributed by atoms with Crippen molar-refractivity contribution in [1.29, 1.82) is 5.26 Å². The largest absolute Gasteiger partial charge is 0.368 e. The fourth-order valence-corrected chi connectivity index (χ4v) is 2.39. The van der Waals surface area contributed by atoms with Crippen LogP contribution in [0.2, 0.25) is 0 Å². The molecule has 1 rings (SSSR count). The molecule has 0 aliphatic heterocycles. The Morgan fingerprint density at radius 2 is 2.00 bits per heavy atom. The van der Waals surface area contributed by atoms with E-state index in [9.17, 15) is 9.59 Å². The minimum Gasteiger partial charge on any atom is -0.368 e. The molecule has 5 nitrogen and oxygen atoms in total. The van der Waals surface area contributed by atoms with Gasteiger partial charge in [-0.05, 0) is 18.8 Å². The number of hydrogen-bond donors (Lipinski definition) is 2. The summed E-state index contributed by atoms with van der Waals surface area (Å²) in [5.74, 6) is -0.917. The van der Waals surface area contributed by atoms with E-state index in [0.29, 0.717) is 0 Å². The molecule has 0 spiro atoms. The molecule has 0 aromatic heterocycles. The van der Waals surface area contributed by atoms with Gasteiger partial charge < -0.3 is 11.1 Å². The molecule has 2 atom stereocenters. The Morgan fingerprint density at radius 3 is 2.50 bits per heavy atom. The Hall–Kier alpha value is -1.57. The number of primary amides is 1. The Kier molecular flexibility index (Phi) is 5.63. The van der Waals surface area contributed by atoms with Crippen LogP contribution >= 0.6 is 0 Å². The van der Waals surface area contributed by atoms with E-state index in [0.717, 1.165) is 25.7 Å². The number of nitrogens with one attached hydrogen (secondary N) is 1. The first-order chi connectivity index (χ1) is 8.56. The number of amides is 2. The van der Waals surface area contributed by atoms with E-state index >= 15 is 0 Å². The molecule has 18 heavy (non-hydrogen) atoms. The summed E-state index contributed by atoms with van der Waals surface area (Å²) in [4.78, 5) is 23.4. The molecule has 2 amide bonds. The van der Waals surface area contributed by atoms with Crippen LogP contribution in [-0.4, -0.2) is 17.9 Å². The predicted molar refractivity (Wildman–Crippen MR) is 67.1 cm³/mol. The van der Waals surface area contributed by atoms with Crippen molar-refractivity contribution in [3.63, 3.8) is 0 Å². The lowest BCUT2D eigenvalue weighted by Crippen LogP contribution is -2.50. The van der Waals surface area contributed by atoms with Crippen molar-refractivity contribution >= 4 is 11.8 Å². The van der Waals surface area contributed by atoms with Crippen LogP contribution in [0.5, 0.6) is 0 Å². The number of nitrogens with two attached hydrogens (primary N) is 1. The lowest BCUT2D eigenvalue weighted by atomic mass is 9.88. The SMILES string of the molecule is C[C@H](CC#N)[C@@H](NC(=O)C1CCCCC1)C(N)=O. The third-order valence-corrected chi connectivity index (χ3v) is 3.56. The van der Waals surface area contributed by atoms with Crippen LogP contribution in [0.1, 0.15) is 45.4 Å². The minimum atomic E-state index is -0.737. The maximum Gasteiger partial charge on any atom is 0.240 e. The summed E-state index contributed by atoms with van der Waals surface area (Å²) < 4.78 is 0. The van der Waals surface area contributed by atoms with E-state index in [1.807, 2.05) is 6.07 Å². The molecule has 0 aromatic carbocycles. The monoisotopic (exact) mass is 251 g/mol. The molecule has 0 bridgehead atoms. The lowest BCUT2D eigenvalue weighted by molar-refractivity contribution is -0.131. The summed E-state index contributed by atoms with van der Waals surface area (Å²) in [6.45, 7) is 1.75.